The van der Waals surface area contributed by atoms with Crippen LogP contribution in [0.1, 0.15) is 36.9 Å². The summed E-state index contributed by atoms with van der Waals surface area (Å²) in [5, 5.41) is 6.42. The highest BCUT2D eigenvalue weighted by Crippen LogP contribution is 2.35. The smallest absolute Gasteiger partial charge is 0.334 e. The molecule has 3 heterocycles. The minimum atomic E-state index is -0.790. The van der Waals surface area contributed by atoms with Crippen LogP contribution in [-0.2, 0) is 20.9 Å². The van der Waals surface area contributed by atoms with E-state index in [1.165, 1.54) is 0 Å². The molecule has 3 saturated heterocycles. The fraction of sp³-hybridized carbons (Fsp3) is 0.444. The fourth-order valence-corrected chi connectivity index (χ4v) is 5.37. The van der Waals surface area contributed by atoms with Crippen LogP contribution in [0.25, 0.3) is 0 Å². The van der Waals surface area contributed by atoms with Crippen LogP contribution in [0.2, 0.25) is 0 Å². The molecule has 1 N–H and O–H groups in total. The topological polar surface area (TPSA) is 85.4 Å². The summed E-state index contributed by atoms with van der Waals surface area (Å²) in [4.78, 5) is 44.2. The predicted molar refractivity (Wildman–Crippen MR) is 133 cm³/mol. The Morgan fingerprint density at radius 3 is 2.44 bits per heavy atom. The third-order valence-electron chi connectivity index (χ3n) is 7.14. The lowest BCUT2D eigenvalue weighted by atomic mass is 9.98. The molecule has 190 valence electrons. The largest absolute Gasteiger partial charge is 0.376 e. The van der Waals surface area contributed by atoms with Crippen LogP contribution in [-0.4, -0.2) is 82.7 Å². The molecule has 0 bridgehead atoms. The van der Waals surface area contributed by atoms with Crippen molar-refractivity contribution in [3.63, 3.8) is 0 Å². The lowest BCUT2D eigenvalue weighted by Gasteiger charge is -2.55. The van der Waals surface area contributed by atoms with Crippen LogP contribution < -0.4 is 5.32 Å². The number of rotatable bonds is 6. The zero-order valence-electron chi connectivity index (χ0n) is 20.6. The molecule has 4 amide bonds. The molecule has 0 radical (unpaired) electrons. The highest BCUT2D eigenvalue weighted by molar-refractivity contribution is 5.92. The molecule has 0 aromatic heterocycles. The molecule has 0 aliphatic carbocycles. The zero-order chi connectivity index (χ0) is 25.1. The summed E-state index contributed by atoms with van der Waals surface area (Å²) in [6.45, 7) is 4.21. The number of hydrogen-bond donors (Lipinski definition) is 1. The Morgan fingerprint density at radius 2 is 1.78 bits per heavy atom. The molecule has 3 fully saturated rings. The Kier molecular flexibility index (Phi) is 7.20. The number of nitrogens with zero attached hydrogens (tertiary/aromatic N) is 4. The van der Waals surface area contributed by atoms with Gasteiger partial charge in [0.2, 0.25) is 11.8 Å². The van der Waals surface area contributed by atoms with Crippen LogP contribution in [0.5, 0.6) is 0 Å². The molecule has 36 heavy (non-hydrogen) atoms. The van der Waals surface area contributed by atoms with E-state index in [0.717, 1.165) is 24.0 Å². The van der Waals surface area contributed by atoms with Gasteiger partial charge in [0, 0.05) is 26.2 Å². The molecule has 5 rings (SSSR count). The first-order valence-electron chi connectivity index (χ1n) is 12.7. The molecule has 9 heteroatoms. The normalized spacial score (nSPS) is 24.7. The molecule has 3 aliphatic rings. The van der Waals surface area contributed by atoms with Gasteiger partial charge >= 0.3 is 6.03 Å². The molecule has 9 nitrogen and oxygen atoms in total. The maximum Gasteiger partial charge on any atom is 0.334 e. The number of carbonyl (C=O) groups is 3. The van der Waals surface area contributed by atoms with E-state index in [-0.39, 0.29) is 37.0 Å². The van der Waals surface area contributed by atoms with Crippen LogP contribution in [0.3, 0.4) is 0 Å². The highest BCUT2D eigenvalue weighted by Gasteiger charge is 2.52. The Hall–Kier alpha value is -3.43. The Balaban J connectivity index is 1.47. The van der Waals surface area contributed by atoms with Gasteiger partial charge in [-0.1, -0.05) is 67.6 Å². The van der Waals surface area contributed by atoms with E-state index in [9.17, 15) is 14.4 Å². The van der Waals surface area contributed by atoms with Gasteiger partial charge in [0.25, 0.3) is 0 Å². The highest BCUT2D eigenvalue weighted by atomic mass is 16.5. The predicted octanol–water partition coefficient (Wildman–Crippen LogP) is 2.37. The Bertz CT molecular complexity index is 1080. The number of hydrazine groups is 1. The van der Waals surface area contributed by atoms with E-state index >= 15 is 0 Å². The van der Waals surface area contributed by atoms with Crippen molar-refractivity contribution in [3.05, 3.63) is 71.8 Å². The molecular weight excluding hydrogens is 458 g/mol. The van der Waals surface area contributed by atoms with Crippen molar-refractivity contribution in [3.8, 4) is 0 Å². The summed E-state index contributed by atoms with van der Waals surface area (Å²) in [6, 6.07) is 18.0. The lowest BCUT2D eigenvalue weighted by Crippen LogP contribution is -2.74. The standard InChI is InChI=1S/C27H33N5O4/c1-2-30-19-24(33)31-23(32(30)27(35)28-16-20-10-5-3-6-11-20)18-29(17-22-14-9-15-36-22)26(34)25(31)21-12-7-4-8-13-21/h3-8,10-13,22-23,25H,2,9,14-19H2,1H3,(H,28,35)/t22?,23-,25-/m0/s1. The van der Waals surface area contributed by atoms with Crippen molar-refractivity contribution in [2.24, 2.45) is 0 Å². The van der Waals surface area contributed by atoms with Gasteiger partial charge in [-0.2, -0.15) is 0 Å². The van der Waals surface area contributed by atoms with E-state index in [4.69, 9.17) is 4.74 Å². The van der Waals surface area contributed by atoms with Gasteiger partial charge in [-0.05, 0) is 24.0 Å². The van der Waals surface area contributed by atoms with E-state index in [1.807, 2.05) is 67.6 Å². The number of nitrogens with one attached hydrogen (secondary N) is 1. The molecule has 2 aromatic rings. The van der Waals surface area contributed by atoms with Crippen LogP contribution in [0, 0.1) is 0 Å². The van der Waals surface area contributed by atoms with E-state index in [0.29, 0.717) is 26.2 Å². The van der Waals surface area contributed by atoms with Crippen molar-refractivity contribution in [2.75, 3.05) is 32.8 Å². The quantitative estimate of drug-likeness (QED) is 0.671. The maximum atomic E-state index is 13.8. The SMILES string of the molecule is CCN1CC(=O)N2[C@@H](c3ccccc3)C(=O)N(CC3CCCO3)C[C@@H]2N1C(=O)NCc1ccccc1. The second kappa shape index (κ2) is 10.7. The van der Waals surface area contributed by atoms with Crippen molar-refractivity contribution in [1.82, 2.24) is 25.1 Å². The molecule has 3 aliphatic heterocycles. The molecule has 1 unspecified atom stereocenters. The van der Waals surface area contributed by atoms with Crippen molar-refractivity contribution in [2.45, 2.75) is 44.6 Å². The zero-order valence-corrected chi connectivity index (χ0v) is 20.6. The number of hydrogen-bond acceptors (Lipinski definition) is 5. The maximum absolute atomic E-state index is 13.8. The van der Waals surface area contributed by atoms with E-state index in [1.54, 1.807) is 19.8 Å². The third kappa shape index (κ3) is 4.81. The number of likely N-dealkylation sites (N-methyl/N-ethyl adjacent to an activating group) is 1. The number of urea groups is 1. The number of benzene rings is 2. The van der Waals surface area contributed by atoms with Gasteiger partial charge in [-0.25, -0.2) is 14.8 Å². The average molecular weight is 492 g/mol. The van der Waals surface area contributed by atoms with Crippen molar-refractivity contribution < 1.29 is 19.1 Å². The van der Waals surface area contributed by atoms with Crippen molar-refractivity contribution in [1.29, 1.82) is 0 Å². The molecule has 2 aromatic carbocycles. The summed E-state index contributed by atoms with van der Waals surface area (Å²) < 4.78 is 5.83. The second-order valence-corrected chi connectivity index (χ2v) is 9.44. The van der Waals surface area contributed by atoms with Gasteiger partial charge in [0.1, 0.15) is 12.2 Å². The number of piperazine rings is 1. The van der Waals surface area contributed by atoms with Gasteiger partial charge in [-0.15, -0.1) is 0 Å². The first kappa shape index (κ1) is 24.3. The van der Waals surface area contributed by atoms with Gasteiger partial charge in [-0.3, -0.25) is 9.59 Å². The average Bonchev–Trinajstić information content (AvgIpc) is 3.42. The molecular formula is C27H33N5O4. The second-order valence-electron chi connectivity index (χ2n) is 9.44. The number of fused-ring (bicyclic) bond motifs is 1. The van der Waals surface area contributed by atoms with E-state index in [2.05, 4.69) is 5.32 Å². The van der Waals surface area contributed by atoms with E-state index < -0.39 is 12.2 Å². The van der Waals surface area contributed by atoms with Crippen molar-refractivity contribution >= 4 is 17.8 Å². The minimum Gasteiger partial charge on any atom is -0.376 e. The minimum absolute atomic E-state index is 0.0288. The number of amides is 4. The van der Waals surface area contributed by atoms with Crippen LogP contribution >= 0.6 is 0 Å². The summed E-state index contributed by atoms with van der Waals surface area (Å²) in [5.74, 6) is -0.288. The molecule has 3 atom stereocenters. The fourth-order valence-electron chi connectivity index (χ4n) is 5.37. The molecule has 0 saturated carbocycles. The number of ether oxygens (including phenoxy) is 1. The monoisotopic (exact) mass is 491 g/mol. The van der Waals surface area contributed by atoms with Gasteiger partial charge in [0.15, 0.2) is 0 Å². The lowest BCUT2D eigenvalue weighted by molar-refractivity contribution is -0.191. The Labute approximate surface area is 211 Å². The summed E-state index contributed by atoms with van der Waals surface area (Å²) >= 11 is 0. The van der Waals surface area contributed by atoms with Gasteiger partial charge < -0.3 is 19.9 Å². The van der Waals surface area contributed by atoms with Crippen LogP contribution in [0.15, 0.2) is 60.7 Å². The summed E-state index contributed by atoms with van der Waals surface area (Å²) in [6.07, 6.45) is 1.22. The first-order chi connectivity index (χ1) is 17.6. The van der Waals surface area contributed by atoms with Crippen LogP contribution in [0.4, 0.5) is 4.79 Å². The Morgan fingerprint density at radius 1 is 1.06 bits per heavy atom. The summed E-state index contributed by atoms with van der Waals surface area (Å²) in [7, 11) is 0. The summed E-state index contributed by atoms with van der Waals surface area (Å²) in [5.41, 5.74) is 1.73. The number of carbonyl (C=O) groups excluding carboxylic acids is 3. The first-order valence-corrected chi connectivity index (χ1v) is 12.7. The van der Waals surface area contributed by atoms with Gasteiger partial charge in [0.05, 0.1) is 19.2 Å². The molecule has 0 spiro atoms. The third-order valence-corrected chi connectivity index (χ3v) is 7.14.